The van der Waals surface area contributed by atoms with Crippen LogP contribution in [0, 0.1) is 11.6 Å². The lowest BCUT2D eigenvalue weighted by molar-refractivity contribution is 0.505. The second-order valence-corrected chi connectivity index (χ2v) is 6.85. The molecule has 0 heterocycles. The topological polar surface area (TPSA) is 43.1 Å². The Balaban J connectivity index is 1.91. The molecule has 0 aromatic heterocycles. The second kappa shape index (κ2) is 5.66. The van der Waals surface area contributed by atoms with E-state index in [1.165, 1.54) is 11.6 Å². The van der Waals surface area contributed by atoms with Crippen LogP contribution in [-0.2, 0) is 17.2 Å². The summed E-state index contributed by atoms with van der Waals surface area (Å²) in [7, 11) is -1.46. The predicted octanol–water partition coefficient (Wildman–Crippen LogP) is 3.09. The fraction of sp³-hybridized carbons (Fsp3) is 0.250. The molecule has 0 radical (unpaired) electrons. The van der Waals surface area contributed by atoms with Gasteiger partial charge in [-0.3, -0.25) is 4.21 Å². The number of halogens is 2. The fourth-order valence-corrected chi connectivity index (χ4v) is 4.30. The number of hydrogen-bond donors (Lipinski definition) is 1. The summed E-state index contributed by atoms with van der Waals surface area (Å²) in [6.45, 7) is 0. The minimum Gasteiger partial charge on any atom is -0.323 e. The highest BCUT2D eigenvalue weighted by Crippen LogP contribution is 2.33. The van der Waals surface area contributed by atoms with Crippen LogP contribution >= 0.6 is 0 Å². The van der Waals surface area contributed by atoms with Crippen molar-refractivity contribution in [3.63, 3.8) is 0 Å². The first kappa shape index (κ1) is 14.4. The highest BCUT2D eigenvalue weighted by Gasteiger charge is 2.31. The standard InChI is InChI=1S/C16H15F2NOS/c17-13-7-6-11(9-14(13)18)21(20)15-8-5-10-3-1-2-4-12(10)16(15)19/h1-4,6-7,9,15-16H,5,8,19H2. The van der Waals surface area contributed by atoms with E-state index in [9.17, 15) is 13.0 Å². The third-order valence-electron chi connectivity index (χ3n) is 3.91. The number of benzene rings is 2. The molecule has 2 aromatic rings. The van der Waals surface area contributed by atoms with Crippen LogP contribution in [0.5, 0.6) is 0 Å². The van der Waals surface area contributed by atoms with Crippen LogP contribution in [0.4, 0.5) is 8.78 Å². The first-order valence-electron chi connectivity index (χ1n) is 6.77. The van der Waals surface area contributed by atoms with E-state index in [2.05, 4.69) is 0 Å². The summed E-state index contributed by atoms with van der Waals surface area (Å²) in [6.07, 6.45) is 1.47. The van der Waals surface area contributed by atoms with E-state index >= 15 is 0 Å². The van der Waals surface area contributed by atoms with Crippen molar-refractivity contribution in [3.8, 4) is 0 Å². The second-order valence-electron chi connectivity index (χ2n) is 5.18. The van der Waals surface area contributed by atoms with Crippen molar-refractivity contribution >= 4 is 10.8 Å². The zero-order valence-electron chi connectivity index (χ0n) is 11.3. The van der Waals surface area contributed by atoms with E-state index in [1.807, 2.05) is 24.3 Å². The van der Waals surface area contributed by atoms with Gasteiger partial charge in [0, 0.05) is 10.9 Å². The van der Waals surface area contributed by atoms with Crippen molar-refractivity contribution in [2.75, 3.05) is 0 Å². The number of hydrogen-bond acceptors (Lipinski definition) is 2. The van der Waals surface area contributed by atoms with Gasteiger partial charge in [-0.2, -0.15) is 0 Å². The first-order valence-corrected chi connectivity index (χ1v) is 7.98. The average Bonchev–Trinajstić information content (AvgIpc) is 2.50. The molecule has 1 aliphatic rings. The summed E-state index contributed by atoms with van der Waals surface area (Å²) in [5.74, 6) is -1.92. The highest BCUT2D eigenvalue weighted by molar-refractivity contribution is 7.85. The van der Waals surface area contributed by atoms with Crippen LogP contribution < -0.4 is 5.73 Å². The molecule has 3 unspecified atom stereocenters. The Hall–Kier alpha value is -1.59. The molecular formula is C16H15F2NOS. The Morgan fingerprint density at radius 2 is 1.86 bits per heavy atom. The van der Waals surface area contributed by atoms with Gasteiger partial charge in [-0.25, -0.2) is 8.78 Å². The summed E-state index contributed by atoms with van der Waals surface area (Å²) in [6, 6.07) is 10.8. The quantitative estimate of drug-likeness (QED) is 0.926. The lowest BCUT2D eigenvalue weighted by Crippen LogP contribution is -2.34. The largest absolute Gasteiger partial charge is 0.323 e. The number of fused-ring (bicyclic) bond motifs is 1. The van der Waals surface area contributed by atoms with Crippen molar-refractivity contribution in [2.45, 2.75) is 29.0 Å². The third kappa shape index (κ3) is 2.63. The van der Waals surface area contributed by atoms with E-state index in [-0.39, 0.29) is 16.2 Å². The normalized spacial score (nSPS) is 22.6. The van der Waals surface area contributed by atoms with Crippen LogP contribution in [0.2, 0.25) is 0 Å². The molecule has 2 N–H and O–H groups in total. The lowest BCUT2D eigenvalue weighted by atomic mass is 9.88. The number of aryl methyl sites for hydroxylation is 1. The summed E-state index contributed by atoms with van der Waals surface area (Å²) in [4.78, 5) is 0.286. The fourth-order valence-electron chi connectivity index (χ4n) is 2.78. The monoisotopic (exact) mass is 307 g/mol. The highest BCUT2D eigenvalue weighted by atomic mass is 32.2. The Labute approximate surface area is 124 Å². The molecule has 2 aromatic carbocycles. The Morgan fingerprint density at radius 3 is 2.62 bits per heavy atom. The zero-order valence-corrected chi connectivity index (χ0v) is 12.1. The van der Waals surface area contributed by atoms with Crippen LogP contribution in [0.3, 0.4) is 0 Å². The summed E-state index contributed by atoms with van der Waals surface area (Å²) >= 11 is 0. The summed E-state index contributed by atoms with van der Waals surface area (Å²) in [5.41, 5.74) is 8.40. The Kier molecular flexibility index (Phi) is 3.87. The maximum absolute atomic E-state index is 13.3. The molecular weight excluding hydrogens is 292 g/mol. The van der Waals surface area contributed by atoms with Crippen molar-refractivity contribution in [1.29, 1.82) is 0 Å². The molecule has 0 saturated heterocycles. The first-order chi connectivity index (χ1) is 10.1. The van der Waals surface area contributed by atoms with Gasteiger partial charge in [-0.15, -0.1) is 0 Å². The lowest BCUT2D eigenvalue weighted by Gasteiger charge is -2.30. The molecule has 0 fully saturated rings. The molecule has 21 heavy (non-hydrogen) atoms. The minimum absolute atomic E-state index is 0.286. The van der Waals surface area contributed by atoms with E-state index in [4.69, 9.17) is 5.73 Å². The molecule has 3 atom stereocenters. The van der Waals surface area contributed by atoms with E-state index in [0.717, 1.165) is 24.1 Å². The van der Waals surface area contributed by atoms with Crippen LogP contribution in [0.25, 0.3) is 0 Å². The van der Waals surface area contributed by atoms with Crippen molar-refractivity contribution < 1.29 is 13.0 Å². The van der Waals surface area contributed by atoms with E-state index in [0.29, 0.717) is 6.42 Å². The van der Waals surface area contributed by atoms with E-state index in [1.54, 1.807) is 0 Å². The third-order valence-corrected chi connectivity index (χ3v) is 5.71. The Bertz CT molecular complexity index is 704. The van der Waals surface area contributed by atoms with Gasteiger partial charge in [0.1, 0.15) is 0 Å². The molecule has 3 rings (SSSR count). The van der Waals surface area contributed by atoms with Crippen molar-refractivity contribution in [3.05, 3.63) is 65.2 Å². The smallest absolute Gasteiger partial charge is 0.160 e. The SMILES string of the molecule is NC1c2ccccc2CCC1S(=O)c1ccc(F)c(F)c1. The molecule has 110 valence electrons. The van der Waals surface area contributed by atoms with Crippen LogP contribution in [0.15, 0.2) is 47.4 Å². The van der Waals surface area contributed by atoms with Crippen molar-refractivity contribution in [2.24, 2.45) is 5.73 Å². The van der Waals surface area contributed by atoms with Gasteiger partial charge in [0.25, 0.3) is 0 Å². The van der Waals surface area contributed by atoms with Gasteiger partial charge in [0.15, 0.2) is 11.6 Å². The molecule has 5 heteroatoms. The van der Waals surface area contributed by atoms with Gasteiger partial charge >= 0.3 is 0 Å². The molecule has 0 amide bonds. The molecule has 0 bridgehead atoms. The summed E-state index contributed by atoms with van der Waals surface area (Å²) < 4.78 is 38.9. The number of rotatable bonds is 2. The van der Waals surface area contributed by atoms with Gasteiger partial charge < -0.3 is 5.73 Å². The molecule has 0 spiro atoms. The molecule has 0 aliphatic heterocycles. The van der Waals surface area contributed by atoms with Gasteiger partial charge in [-0.05, 0) is 42.2 Å². The average molecular weight is 307 g/mol. The van der Waals surface area contributed by atoms with Gasteiger partial charge in [0.2, 0.25) is 0 Å². The molecule has 2 nitrogen and oxygen atoms in total. The maximum atomic E-state index is 13.3. The predicted molar refractivity (Wildman–Crippen MR) is 78.2 cm³/mol. The maximum Gasteiger partial charge on any atom is 0.160 e. The minimum atomic E-state index is -1.46. The van der Waals surface area contributed by atoms with E-state index < -0.39 is 22.4 Å². The van der Waals surface area contributed by atoms with Crippen LogP contribution in [0.1, 0.15) is 23.6 Å². The van der Waals surface area contributed by atoms with Gasteiger partial charge in [0.05, 0.1) is 16.0 Å². The Morgan fingerprint density at radius 1 is 1.10 bits per heavy atom. The molecule has 1 aliphatic carbocycles. The zero-order chi connectivity index (χ0) is 15.0. The van der Waals surface area contributed by atoms with Gasteiger partial charge in [-0.1, -0.05) is 24.3 Å². The van der Waals surface area contributed by atoms with Crippen LogP contribution in [-0.4, -0.2) is 9.46 Å². The molecule has 0 saturated carbocycles. The number of nitrogens with two attached hydrogens (primary N) is 1. The van der Waals surface area contributed by atoms with Crippen molar-refractivity contribution in [1.82, 2.24) is 0 Å². The summed E-state index contributed by atoms with van der Waals surface area (Å²) in [5, 5.41) is -0.287.